The number of aromatic nitrogens is 9. The Kier molecular flexibility index (Phi) is 9.31. The summed E-state index contributed by atoms with van der Waals surface area (Å²) in [4.78, 5) is 35.5. The molecule has 0 saturated heterocycles. The lowest BCUT2D eigenvalue weighted by atomic mass is 10.1. The first-order valence-corrected chi connectivity index (χ1v) is 22.5. The summed E-state index contributed by atoms with van der Waals surface area (Å²) in [6, 6.07) is 67.5. The average molecular weight is 875 g/mol. The van der Waals surface area contributed by atoms with Crippen LogP contribution in [0.3, 0.4) is 0 Å². The Hall–Kier alpha value is -9.41. The highest BCUT2D eigenvalue weighted by Gasteiger charge is 2.25. The van der Waals surface area contributed by atoms with Gasteiger partial charge < -0.3 is 5.32 Å². The zero-order valence-corrected chi connectivity index (χ0v) is 36.4. The Morgan fingerprint density at radius 1 is 0.368 bits per heavy atom. The van der Waals surface area contributed by atoms with Gasteiger partial charge in [-0.25, -0.2) is 34.9 Å². The predicted molar refractivity (Wildman–Crippen MR) is 271 cm³/mol. The number of benzene rings is 7. The fourth-order valence-electron chi connectivity index (χ4n) is 9.37. The minimum Gasteiger partial charge on any atom is -0.358 e. The van der Waals surface area contributed by atoms with Crippen LogP contribution in [0.4, 0.5) is 0 Å². The summed E-state index contributed by atoms with van der Waals surface area (Å²) < 4.78 is 4.60. The van der Waals surface area contributed by atoms with E-state index in [4.69, 9.17) is 34.9 Å². The fourth-order valence-corrected chi connectivity index (χ4v) is 9.37. The molecule has 1 aliphatic rings. The van der Waals surface area contributed by atoms with Crippen molar-refractivity contribution < 1.29 is 0 Å². The van der Waals surface area contributed by atoms with Gasteiger partial charge in [-0.3, -0.25) is 9.13 Å². The molecule has 0 radical (unpaired) electrons. The first-order chi connectivity index (χ1) is 33.7. The van der Waals surface area contributed by atoms with Crippen molar-refractivity contribution in [3.05, 3.63) is 224 Å². The Morgan fingerprint density at radius 2 is 0.868 bits per heavy atom. The highest BCUT2D eigenvalue weighted by atomic mass is 15.2. The van der Waals surface area contributed by atoms with Crippen molar-refractivity contribution in [2.45, 2.75) is 6.04 Å². The number of pyridine rings is 1. The van der Waals surface area contributed by atoms with Crippen LogP contribution in [0.2, 0.25) is 0 Å². The number of allylic oxidation sites excluding steroid dienone is 2. The topological polar surface area (TPSA) is 112 Å². The lowest BCUT2D eigenvalue weighted by molar-refractivity contribution is 0.682. The quantitative estimate of drug-likeness (QED) is 0.161. The van der Waals surface area contributed by atoms with E-state index >= 15 is 0 Å². The molecule has 12 aromatic rings. The molecule has 0 amide bonds. The molecule has 1 N–H and O–H groups in total. The molecular weight excluding hydrogens is 837 g/mol. The molecule has 1 unspecified atom stereocenters. The Morgan fingerprint density at radius 3 is 1.46 bits per heavy atom. The third kappa shape index (κ3) is 6.70. The standard InChI is InChI=1S/C58H38N10/c1-5-19-37(20-6-1)53-61-54(38-21-7-2-8-22-38)64-57(63-53)44-29-17-33-49(59-44)67-47-32-16-14-28-43(47)51-48(67)36-35-42-41-27-13-15-31-46(41)68(52(42)51)50-34-18-30-45(60-50)58-65-55(39-23-9-3-10-24-39)62-56(66-58)40-25-11-4-12-26-40/h1-36,44,59H. The summed E-state index contributed by atoms with van der Waals surface area (Å²) in [7, 11) is 0. The van der Waals surface area contributed by atoms with E-state index in [9.17, 15) is 0 Å². The number of nitrogens with zero attached hydrogens (tertiary/aromatic N) is 9. The average Bonchev–Trinajstić information content (AvgIpc) is 3.95. The highest BCUT2D eigenvalue weighted by molar-refractivity contribution is 6.26. The molecule has 0 fully saturated rings. The van der Waals surface area contributed by atoms with E-state index in [1.54, 1.807) is 0 Å². The van der Waals surface area contributed by atoms with Gasteiger partial charge in [0.1, 0.15) is 23.4 Å². The van der Waals surface area contributed by atoms with Gasteiger partial charge in [-0.05, 0) is 36.4 Å². The zero-order valence-electron chi connectivity index (χ0n) is 36.4. The van der Waals surface area contributed by atoms with Crippen molar-refractivity contribution in [1.29, 1.82) is 0 Å². The summed E-state index contributed by atoms with van der Waals surface area (Å²) >= 11 is 0. The molecule has 1 atom stereocenters. The minimum absolute atomic E-state index is 0.346. The molecule has 0 bridgehead atoms. The molecule has 7 aromatic carbocycles. The summed E-state index contributed by atoms with van der Waals surface area (Å²) in [6.07, 6.45) is 6.31. The molecule has 10 heteroatoms. The summed E-state index contributed by atoms with van der Waals surface area (Å²) in [5.41, 5.74) is 8.47. The van der Waals surface area contributed by atoms with Crippen molar-refractivity contribution in [3.63, 3.8) is 0 Å². The smallest absolute Gasteiger partial charge is 0.182 e. The number of dihydropyridines is 1. The predicted octanol–water partition coefficient (Wildman–Crippen LogP) is 12.7. The Balaban J connectivity index is 0.972. The van der Waals surface area contributed by atoms with Crippen LogP contribution in [-0.2, 0) is 0 Å². The summed E-state index contributed by atoms with van der Waals surface area (Å²) in [5, 5.41) is 8.30. The molecular formula is C58H38N10. The van der Waals surface area contributed by atoms with Crippen molar-refractivity contribution in [2.75, 3.05) is 0 Å². The molecule has 13 rings (SSSR count). The van der Waals surface area contributed by atoms with Crippen LogP contribution in [0.5, 0.6) is 0 Å². The molecule has 6 heterocycles. The maximum absolute atomic E-state index is 5.39. The van der Waals surface area contributed by atoms with E-state index in [2.05, 4.69) is 99.4 Å². The van der Waals surface area contributed by atoms with Crippen molar-refractivity contribution in [3.8, 4) is 62.9 Å². The van der Waals surface area contributed by atoms with Crippen LogP contribution < -0.4 is 5.32 Å². The first kappa shape index (κ1) is 39.0. The Labute approximate surface area is 390 Å². The summed E-state index contributed by atoms with van der Waals surface area (Å²) in [6.45, 7) is 0. The van der Waals surface area contributed by atoms with Crippen LogP contribution in [-0.4, -0.2) is 44.0 Å². The van der Waals surface area contributed by atoms with Crippen LogP contribution in [0.25, 0.3) is 112 Å². The molecule has 68 heavy (non-hydrogen) atoms. The van der Waals surface area contributed by atoms with Crippen molar-refractivity contribution >= 4 is 49.4 Å². The molecule has 1 aliphatic heterocycles. The van der Waals surface area contributed by atoms with Gasteiger partial charge >= 0.3 is 0 Å². The van der Waals surface area contributed by atoms with Gasteiger partial charge in [0.25, 0.3) is 0 Å². The van der Waals surface area contributed by atoms with Gasteiger partial charge in [0, 0.05) is 43.8 Å². The third-order valence-electron chi connectivity index (χ3n) is 12.5. The number of nitrogens with one attached hydrogen (secondary N) is 1. The third-order valence-corrected chi connectivity index (χ3v) is 12.5. The van der Waals surface area contributed by atoms with Gasteiger partial charge in [0.15, 0.2) is 34.9 Å². The van der Waals surface area contributed by atoms with E-state index in [0.29, 0.717) is 40.6 Å². The van der Waals surface area contributed by atoms with Gasteiger partial charge in [-0.1, -0.05) is 182 Å². The minimum atomic E-state index is -0.346. The van der Waals surface area contributed by atoms with E-state index in [0.717, 1.165) is 77.5 Å². The first-order valence-electron chi connectivity index (χ1n) is 22.5. The van der Waals surface area contributed by atoms with Gasteiger partial charge in [0.2, 0.25) is 0 Å². The van der Waals surface area contributed by atoms with Crippen LogP contribution >= 0.6 is 0 Å². The molecule has 0 aliphatic carbocycles. The SMILES string of the molecule is C1=CC(c2nc(-c3ccccc3)nc(-c3ccccc3)n2)NC(n2c3ccccc3c3c2ccc2c4ccccc4n(-c4cccc(-c5nc(-c6ccccc6)nc(-c6ccccc6)n5)n4)c23)=C1. The second kappa shape index (κ2) is 16.2. The van der Waals surface area contributed by atoms with Crippen LogP contribution in [0.1, 0.15) is 11.9 Å². The summed E-state index contributed by atoms with van der Waals surface area (Å²) in [5.74, 6) is 5.16. The lowest BCUT2D eigenvalue weighted by Gasteiger charge is -2.23. The normalized spacial score (nSPS) is 13.6. The van der Waals surface area contributed by atoms with E-state index in [-0.39, 0.29) is 6.04 Å². The second-order valence-corrected chi connectivity index (χ2v) is 16.6. The molecule has 0 saturated carbocycles. The zero-order chi connectivity index (χ0) is 45.0. The molecule has 0 spiro atoms. The van der Waals surface area contributed by atoms with E-state index in [1.165, 1.54) is 0 Å². The van der Waals surface area contributed by atoms with Gasteiger partial charge in [-0.15, -0.1) is 0 Å². The highest BCUT2D eigenvalue weighted by Crippen LogP contribution is 2.42. The second-order valence-electron chi connectivity index (χ2n) is 16.6. The van der Waals surface area contributed by atoms with Gasteiger partial charge in [-0.2, -0.15) is 0 Å². The molecule has 320 valence electrons. The van der Waals surface area contributed by atoms with E-state index in [1.807, 2.05) is 133 Å². The fraction of sp³-hybridized carbons (Fsp3) is 0.0172. The largest absolute Gasteiger partial charge is 0.358 e. The maximum Gasteiger partial charge on any atom is 0.182 e. The maximum atomic E-state index is 5.39. The molecule has 10 nitrogen and oxygen atoms in total. The number of hydrogen-bond donors (Lipinski definition) is 1. The number of rotatable bonds is 8. The van der Waals surface area contributed by atoms with Gasteiger partial charge in [0.05, 0.1) is 22.1 Å². The van der Waals surface area contributed by atoms with Crippen LogP contribution in [0, 0.1) is 0 Å². The van der Waals surface area contributed by atoms with Crippen LogP contribution in [0.15, 0.2) is 218 Å². The Bertz CT molecular complexity index is 3820. The number of para-hydroxylation sites is 2. The molecule has 5 aromatic heterocycles. The van der Waals surface area contributed by atoms with Crippen molar-refractivity contribution in [2.24, 2.45) is 0 Å². The number of hydrogen-bond acceptors (Lipinski definition) is 8. The monoisotopic (exact) mass is 874 g/mol. The lowest BCUT2D eigenvalue weighted by Crippen LogP contribution is -2.26. The number of fused-ring (bicyclic) bond motifs is 7. The van der Waals surface area contributed by atoms with E-state index < -0.39 is 0 Å². The van der Waals surface area contributed by atoms with Crippen molar-refractivity contribution in [1.82, 2.24) is 49.3 Å².